The number of nitrogens with zero attached hydrogens (tertiary/aromatic N) is 6. The molecule has 4 aromatic rings. The van der Waals surface area contributed by atoms with Crippen LogP contribution in [0.15, 0.2) is 71.9 Å². The van der Waals surface area contributed by atoms with Gasteiger partial charge in [0.2, 0.25) is 5.88 Å². The maximum atomic E-state index is 13.7. The van der Waals surface area contributed by atoms with Gasteiger partial charge in [-0.2, -0.15) is 21.6 Å². The van der Waals surface area contributed by atoms with E-state index in [1.165, 1.54) is 22.9 Å². The second-order valence-corrected chi connectivity index (χ2v) is 14.5. The van der Waals surface area contributed by atoms with Crippen LogP contribution in [0, 0.1) is 5.41 Å². The minimum Gasteiger partial charge on any atom is -0.476 e. The fraction of sp³-hybridized carbons (Fsp3) is 0.441. The zero-order valence-electron chi connectivity index (χ0n) is 27.7. The second kappa shape index (κ2) is 14.5. The van der Waals surface area contributed by atoms with E-state index in [0.717, 1.165) is 70.2 Å². The zero-order valence-corrected chi connectivity index (χ0v) is 28.5. The lowest BCUT2D eigenvalue weighted by atomic mass is 9.94. The molecule has 48 heavy (non-hydrogen) atoms. The number of halogens is 3. The fourth-order valence-corrected chi connectivity index (χ4v) is 6.23. The van der Waals surface area contributed by atoms with Crippen molar-refractivity contribution in [2.45, 2.75) is 57.2 Å². The third kappa shape index (κ3) is 8.45. The van der Waals surface area contributed by atoms with Gasteiger partial charge in [0, 0.05) is 37.5 Å². The fourth-order valence-electron chi connectivity index (χ4n) is 5.27. The number of likely N-dealkylation sites (N-methyl/N-ethyl adjacent to an activating group) is 1. The summed E-state index contributed by atoms with van der Waals surface area (Å²) in [5.74, 6) is 0.698. The van der Waals surface area contributed by atoms with Gasteiger partial charge in [-0.15, -0.1) is 5.10 Å². The van der Waals surface area contributed by atoms with Crippen molar-refractivity contribution in [3.8, 4) is 22.8 Å². The number of rotatable bonds is 7. The molecule has 0 saturated carbocycles. The quantitative estimate of drug-likeness (QED) is 0.233. The van der Waals surface area contributed by atoms with Crippen LogP contribution < -0.4 is 14.4 Å². The first-order valence-electron chi connectivity index (χ1n) is 16.0. The number of hydrogen-bond acceptors (Lipinski definition) is 8. The number of nitrogens with one attached hydrogen (secondary N) is 1. The van der Waals surface area contributed by atoms with E-state index in [-0.39, 0.29) is 16.7 Å². The minimum atomic E-state index is -4.44. The van der Waals surface area contributed by atoms with Crippen molar-refractivity contribution in [2.24, 2.45) is 5.41 Å². The Balaban J connectivity index is 1.53. The topological polar surface area (TPSA) is 105 Å². The lowest BCUT2D eigenvalue weighted by molar-refractivity contribution is -0.219. The SMILES string of the molecule is CN(C)CCN1CCCCCCc2ccccc2-c2nc(ccc2-n2ccc(OCC(C)(C)C(F)(F)F)n2)NS(=O)(=O)c2cccc1n2. The van der Waals surface area contributed by atoms with Crippen molar-refractivity contribution in [3.63, 3.8) is 0 Å². The molecule has 3 aromatic heterocycles. The minimum absolute atomic E-state index is 0.0208. The predicted molar refractivity (Wildman–Crippen MR) is 180 cm³/mol. The van der Waals surface area contributed by atoms with Gasteiger partial charge in [-0.25, -0.2) is 14.6 Å². The van der Waals surface area contributed by atoms with Crippen LogP contribution >= 0.6 is 0 Å². The van der Waals surface area contributed by atoms with Crippen LogP contribution in [0.3, 0.4) is 0 Å². The normalized spacial score (nSPS) is 15.8. The number of hydrogen-bond donors (Lipinski definition) is 1. The van der Waals surface area contributed by atoms with Crippen LogP contribution in [0.2, 0.25) is 0 Å². The Morgan fingerprint density at radius 2 is 1.71 bits per heavy atom. The van der Waals surface area contributed by atoms with Gasteiger partial charge in [0.25, 0.3) is 10.0 Å². The molecule has 4 bridgehead atoms. The average Bonchev–Trinajstić information content (AvgIpc) is 3.51. The van der Waals surface area contributed by atoms with Crippen LogP contribution in [0.4, 0.5) is 24.8 Å². The summed E-state index contributed by atoms with van der Waals surface area (Å²) in [5, 5.41) is 4.28. The number of sulfonamides is 1. The molecule has 14 heteroatoms. The Bertz CT molecular complexity index is 1810. The molecule has 0 spiro atoms. The summed E-state index contributed by atoms with van der Waals surface area (Å²) in [6, 6.07) is 17.5. The summed E-state index contributed by atoms with van der Waals surface area (Å²) < 4.78 is 77.1. The van der Waals surface area contributed by atoms with Gasteiger partial charge in [0.1, 0.15) is 18.2 Å². The zero-order chi connectivity index (χ0) is 34.5. The van der Waals surface area contributed by atoms with E-state index in [1.807, 2.05) is 44.4 Å². The van der Waals surface area contributed by atoms with Crippen LogP contribution in [0.5, 0.6) is 5.88 Å². The van der Waals surface area contributed by atoms with Crippen LogP contribution in [0.1, 0.15) is 45.1 Å². The molecule has 0 atom stereocenters. The van der Waals surface area contributed by atoms with Crippen LogP contribution in [-0.4, -0.2) is 79.6 Å². The number of alkyl halides is 3. The molecule has 1 aliphatic heterocycles. The standard InChI is InChI=1S/C34H42F3N7O3S/c1-33(2,34(35,36)37)24-47-30-19-21-44(40-30)27-17-18-28-38-32(27)26-14-9-8-13-25(26)12-7-5-6-10-20-43(23-22-42(3)4)29-15-11-16-31(39-29)48(45,46)41-28/h8-9,11,13-19,21H,5-7,10,12,20,22-24H2,1-4H3,(H,38,41). The molecular weight excluding hydrogens is 643 g/mol. The van der Waals surface area contributed by atoms with Gasteiger partial charge in [0.15, 0.2) is 5.03 Å². The lowest BCUT2D eigenvalue weighted by Crippen LogP contribution is -2.37. The van der Waals surface area contributed by atoms with Crippen molar-refractivity contribution in [1.82, 2.24) is 24.6 Å². The summed E-state index contributed by atoms with van der Waals surface area (Å²) >= 11 is 0. The Morgan fingerprint density at radius 3 is 2.48 bits per heavy atom. The molecule has 0 fully saturated rings. The predicted octanol–water partition coefficient (Wildman–Crippen LogP) is 6.58. The van der Waals surface area contributed by atoms with Crippen LogP contribution in [-0.2, 0) is 16.4 Å². The van der Waals surface area contributed by atoms with Gasteiger partial charge in [-0.05, 0) is 77.0 Å². The molecule has 5 rings (SSSR count). The highest BCUT2D eigenvalue weighted by molar-refractivity contribution is 7.92. The molecule has 1 aliphatic rings. The number of aromatic nitrogens is 4. The third-order valence-corrected chi connectivity index (χ3v) is 9.55. The Kier molecular flexibility index (Phi) is 10.6. The molecule has 0 unspecified atom stereocenters. The van der Waals surface area contributed by atoms with Crippen LogP contribution in [0.25, 0.3) is 16.9 Å². The van der Waals surface area contributed by atoms with E-state index >= 15 is 0 Å². The van der Waals surface area contributed by atoms with E-state index < -0.39 is 28.2 Å². The highest BCUT2D eigenvalue weighted by Gasteiger charge is 2.48. The number of fused-ring (bicyclic) bond motifs is 6. The summed E-state index contributed by atoms with van der Waals surface area (Å²) in [4.78, 5) is 13.5. The lowest BCUT2D eigenvalue weighted by Gasteiger charge is -2.26. The monoisotopic (exact) mass is 685 g/mol. The number of ether oxygens (including phenoxy) is 1. The maximum absolute atomic E-state index is 13.7. The molecule has 1 N–H and O–H groups in total. The summed E-state index contributed by atoms with van der Waals surface area (Å²) in [6.07, 6.45) is 1.80. The first kappa shape index (κ1) is 35.1. The number of aryl methyl sites for hydroxylation is 1. The van der Waals surface area contributed by atoms with Gasteiger partial charge in [-0.1, -0.05) is 43.2 Å². The molecule has 0 aliphatic carbocycles. The highest BCUT2D eigenvalue weighted by Crippen LogP contribution is 2.38. The number of pyridine rings is 2. The first-order valence-corrected chi connectivity index (χ1v) is 17.5. The third-order valence-electron chi connectivity index (χ3n) is 8.29. The molecule has 0 radical (unpaired) electrons. The molecule has 258 valence electrons. The van der Waals surface area contributed by atoms with Crippen molar-refractivity contribution >= 4 is 21.7 Å². The van der Waals surface area contributed by atoms with E-state index in [4.69, 9.17) is 9.72 Å². The summed E-state index contributed by atoms with van der Waals surface area (Å²) in [7, 11) is -0.124. The Labute approximate surface area is 280 Å². The molecule has 1 aromatic carbocycles. The Hall–Kier alpha value is -4.17. The van der Waals surface area contributed by atoms with Gasteiger partial charge in [0.05, 0.1) is 16.8 Å². The van der Waals surface area contributed by atoms with Crippen molar-refractivity contribution in [2.75, 3.05) is 50.0 Å². The van der Waals surface area contributed by atoms with Crippen molar-refractivity contribution < 1.29 is 26.3 Å². The van der Waals surface area contributed by atoms with E-state index in [0.29, 0.717) is 23.7 Å². The van der Waals surface area contributed by atoms with Crippen molar-refractivity contribution in [1.29, 1.82) is 0 Å². The van der Waals surface area contributed by atoms with E-state index in [2.05, 4.69) is 24.6 Å². The smallest absolute Gasteiger partial charge is 0.397 e. The summed E-state index contributed by atoms with van der Waals surface area (Å²) in [5.41, 5.74) is 0.720. The number of anilines is 2. The largest absolute Gasteiger partial charge is 0.476 e. The molecular formula is C34H42F3N7O3S. The van der Waals surface area contributed by atoms with E-state index in [1.54, 1.807) is 18.3 Å². The average molecular weight is 686 g/mol. The maximum Gasteiger partial charge on any atom is 0.397 e. The second-order valence-electron chi connectivity index (χ2n) is 12.9. The van der Waals surface area contributed by atoms with Crippen molar-refractivity contribution in [3.05, 3.63) is 72.4 Å². The molecule has 10 nitrogen and oxygen atoms in total. The van der Waals surface area contributed by atoms with Gasteiger partial charge in [-0.3, -0.25) is 4.72 Å². The van der Waals surface area contributed by atoms with Gasteiger partial charge >= 0.3 is 6.18 Å². The summed E-state index contributed by atoms with van der Waals surface area (Å²) in [6.45, 7) is 3.79. The van der Waals surface area contributed by atoms with Gasteiger partial charge < -0.3 is 14.5 Å². The molecule has 0 amide bonds. The highest BCUT2D eigenvalue weighted by atomic mass is 32.2. The Morgan fingerprint density at radius 1 is 0.938 bits per heavy atom. The van der Waals surface area contributed by atoms with E-state index in [9.17, 15) is 21.6 Å². The number of benzene rings is 1. The molecule has 4 heterocycles. The first-order chi connectivity index (χ1) is 22.7. The molecule has 0 saturated heterocycles.